The number of halogens is 3. The summed E-state index contributed by atoms with van der Waals surface area (Å²) in [6.07, 6.45) is 0. The fourth-order valence-corrected chi connectivity index (χ4v) is 1.67. The van der Waals surface area contributed by atoms with Crippen molar-refractivity contribution in [2.75, 3.05) is 5.73 Å². The van der Waals surface area contributed by atoms with Crippen LogP contribution in [0.4, 0.5) is 14.5 Å². The van der Waals surface area contributed by atoms with E-state index < -0.39 is 11.6 Å². The largest absolute Gasteiger partial charge is 0.399 e. The number of nitrogens with two attached hydrogens (primary N) is 1. The lowest BCUT2D eigenvalue weighted by atomic mass is 10.1. The van der Waals surface area contributed by atoms with Gasteiger partial charge in [-0.2, -0.15) is 0 Å². The van der Waals surface area contributed by atoms with E-state index in [1.807, 2.05) is 0 Å². The van der Waals surface area contributed by atoms with Crippen molar-refractivity contribution in [2.24, 2.45) is 0 Å². The smallest absolute Gasteiger partial charge is 0.160 e. The van der Waals surface area contributed by atoms with Gasteiger partial charge in [0.2, 0.25) is 0 Å². The average molecular weight is 240 g/mol. The summed E-state index contributed by atoms with van der Waals surface area (Å²) in [4.78, 5) is 0. The maximum Gasteiger partial charge on any atom is 0.160 e. The Bertz CT molecular complexity index is 523. The zero-order chi connectivity index (χ0) is 11.7. The van der Waals surface area contributed by atoms with Crippen molar-refractivity contribution >= 4 is 17.3 Å². The highest BCUT2D eigenvalue weighted by atomic mass is 35.5. The third-order valence-electron chi connectivity index (χ3n) is 2.23. The molecule has 2 N–H and O–H groups in total. The highest BCUT2D eigenvalue weighted by Crippen LogP contribution is 2.30. The SMILES string of the molecule is Nc1ccc(-c2cc(F)c(F)cc2Cl)cc1. The van der Waals surface area contributed by atoms with Gasteiger partial charge in [0.25, 0.3) is 0 Å². The summed E-state index contributed by atoms with van der Waals surface area (Å²) in [6, 6.07) is 8.79. The van der Waals surface area contributed by atoms with Crippen molar-refractivity contribution in [2.45, 2.75) is 0 Å². The topological polar surface area (TPSA) is 26.0 Å². The summed E-state index contributed by atoms with van der Waals surface area (Å²) >= 11 is 5.84. The molecule has 0 spiro atoms. The number of nitrogen functional groups attached to an aromatic ring is 1. The number of benzene rings is 2. The molecule has 0 saturated carbocycles. The minimum absolute atomic E-state index is 0.170. The van der Waals surface area contributed by atoms with Crippen LogP contribution >= 0.6 is 11.6 Å². The number of anilines is 1. The van der Waals surface area contributed by atoms with Crippen LogP contribution in [0.15, 0.2) is 36.4 Å². The van der Waals surface area contributed by atoms with Gasteiger partial charge in [-0.25, -0.2) is 8.78 Å². The van der Waals surface area contributed by atoms with Crippen LogP contribution in [0, 0.1) is 11.6 Å². The molecule has 16 heavy (non-hydrogen) atoms. The first-order valence-electron chi connectivity index (χ1n) is 4.58. The zero-order valence-corrected chi connectivity index (χ0v) is 8.93. The van der Waals surface area contributed by atoms with Crippen molar-refractivity contribution in [1.82, 2.24) is 0 Å². The fourth-order valence-electron chi connectivity index (χ4n) is 1.41. The van der Waals surface area contributed by atoms with E-state index in [0.717, 1.165) is 12.1 Å². The fraction of sp³-hybridized carbons (Fsp3) is 0. The molecule has 1 nitrogen and oxygen atoms in total. The third kappa shape index (κ3) is 1.99. The second-order valence-corrected chi connectivity index (χ2v) is 3.78. The van der Waals surface area contributed by atoms with E-state index in [2.05, 4.69) is 0 Å². The summed E-state index contributed by atoms with van der Waals surface area (Å²) in [7, 11) is 0. The summed E-state index contributed by atoms with van der Waals surface area (Å²) < 4.78 is 25.9. The van der Waals surface area contributed by atoms with Crippen LogP contribution in [0.25, 0.3) is 11.1 Å². The van der Waals surface area contributed by atoms with Gasteiger partial charge >= 0.3 is 0 Å². The molecular formula is C12H8ClF2N. The summed E-state index contributed by atoms with van der Waals surface area (Å²) in [5, 5.41) is 0.170. The van der Waals surface area contributed by atoms with Gasteiger partial charge in [-0.1, -0.05) is 23.7 Å². The molecular weight excluding hydrogens is 232 g/mol. The molecule has 2 aromatic carbocycles. The normalized spacial score (nSPS) is 10.4. The van der Waals surface area contributed by atoms with Gasteiger partial charge in [0.05, 0.1) is 5.02 Å². The number of rotatable bonds is 1. The Kier molecular flexibility index (Phi) is 2.79. The van der Waals surface area contributed by atoms with Crippen LogP contribution in [0.3, 0.4) is 0 Å². The molecule has 2 rings (SSSR count). The minimum atomic E-state index is -0.954. The first-order chi connectivity index (χ1) is 7.58. The highest BCUT2D eigenvalue weighted by Gasteiger charge is 2.09. The predicted octanol–water partition coefficient (Wildman–Crippen LogP) is 3.87. The lowest BCUT2D eigenvalue weighted by Gasteiger charge is -2.05. The highest BCUT2D eigenvalue weighted by molar-refractivity contribution is 6.33. The van der Waals surface area contributed by atoms with E-state index in [1.165, 1.54) is 0 Å². The van der Waals surface area contributed by atoms with Crippen LogP contribution in [0.5, 0.6) is 0 Å². The van der Waals surface area contributed by atoms with Crippen molar-refractivity contribution in [3.63, 3.8) is 0 Å². The Hall–Kier alpha value is -1.61. The minimum Gasteiger partial charge on any atom is -0.399 e. The van der Waals surface area contributed by atoms with Crippen molar-refractivity contribution in [3.8, 4) is 11.1 Å². The summed E-state index contributed by atoms with van der Waals surface area (Å²) in [5.74, 6) is -1.87. The van der Waals surface area contributed by atoms with Gasteiger partial charge in [0.15, 0.2) is 11.6 Å². The van der Waals surface area contributed by atoms with E-state index in [9.17, 15) is 8.78 Å². The number of hydrogen-bond acceptors (Lipinski definition) is 1. The molecule has 0 aliphatic heterocycles. The average Bonchev–Trinajstić information content (AvgIpc) is 2.25. The lowest BCUT2D eigenvalue weighted by molar-refractivity contribution is 0.509. The Morgan fingerprint density at radius 3 is 2.12 bits per heavy atom. The summed E-state index contributed by atoms with van der Waals surface area (Å²) in [5.41, 5.74) is 7.27. The van der Waals surface area contributed by atoms with Crippen molar-refractivity contribution in [3.05, 3.63) is 53.1 Å². The van der Waals surface area contributed by atoms with Crippen LogP contribution in [0.1, 0.15) is 0 Å². The molecule has 0 unspecified atom stereocenters. The van der Waals surface area contributed by atoms with Crippen LogP contribution in [0.2, 0.25) is 5.02 Å². The van der Waals surface area contributed by atoms with Gasteiger partial charge in [0.1, 0.15) is 0 Å². The van der Waals surface area contributed by atoms with Gasteiger partial charge in [-0.3, -0.25) is 0 Å². The second-order valence-electron chi connectivity index (χ2n) is 3.37. The first-order valence-corrected chi connectivity index (χ1v) is 4.96. The standard InChI is InChI=1S/C12H8ClF2N/c13-10-6-12(15)11(14)5-9(10)7-1-3-8(16)4-2-7/h1-6H,16H2. The second kappa shape index (κ2) is 4.10. The molecule has 0 fully saturated rings. The van der Waals surface area contributed by atoms with Gasteiger partial charge in [0, 0.05) is 11.3 Å². The van der Waals surface area contributed by atoms with E-state index in [0.29, 0.717) is 16.8 Å². The van der Waals surface area contributed by atoms with Crippen LogP contribution in [-0.2, 0) is 0 Å². The molecule has 0 heterocycles. The van der Waals surface area contributed by atoms with Crippen LogP contribution in [-0.4, -0.2) is 0 Å². The predicted molar refractivity (Wildman–Crippen MR) is 61.2 cm³/mol. The molecule has 0 aliphatic carbocycles. The van der Waals surface area contributed by atoms with Crippen LogP contribution < -0.4 is 5.73 Å². The Labute approximate surface area is 96.5 Å². The van der Waals surface area contributed by atoms with Gasteiger partial charge in [-0.05, 0) is 29.8 Å². The van der Waals surface area contributed by atoms with Gasteiger partial charge in [-0.15, -0.1) is 0 Å². The summed E-state index contributed by atoms with van der Waals surface area (Å²) in [6.45, 7) is 0. The van der Waals surface area contributed by atoms with E-state index in [4.69, 9.17) is 17.3 Å². The molecule has 82 valence electrons. The quantitative estimate of drug-likeness (QED) is 0.593. The molecule has 0 bridgehead atoms. The molecule has 0 aromatic heterocycles. The molecule has 4 heteroatoms. The first kappa shape index (κ1) is 10.9. The Balaban J connectivity index is 2.56. The third-order valence-corrected chi connectivity index (χ3v) is 2.54. The molecule has 0 saturated heterocycles. The van der Waals surface area contributed by atoms with E-state index in [1.54, 1.807) is 24.3 Å². The van der Waals surface area contributed by atoms with E-state index >= 15 is 0 Å². The molecule has 0 amide bonds. The maximum absolute atomic E-state index is 13.1. The maximum atomic E-state index is 13.1. The van der Waals surface area contributed by atoms with Crippen molar-refractivity contribution < 1.29 is 8.78 Å². The lowest BCUT2D eigenvalue weighted by Crippen LogP contribution is -1.88. The zero-order valence-electron chi connectivity index (χ0n) is 8.18. The van der Waals surface area contributed by atoms with Gasteiger partial charge < -0.3 is 5.73 Å². The molecule has 2 aromatic rings. The molecule has 0 atom stereocenters. The number of hydrogen-bond donors (Lipinski definition) is 1. The monoisotopic (exact) mass is 239 g/mol. The Morgan fingerprint density at radius 1 is 0.938 bits per heavy atom. The van der Waals surface area contributed by atoms with Crippen molar-refractivity contribution in [1.29, 1.82) is 0 Å². The molecule has 0 aliphatic rings. The Morgan fingerprint density at radius 2 is 1.50 bits per heavy atom. The molecule has 0 radical (unpaired) electrons. The van der Waals surface area contributed by atoms with E-state index in [-0.39, 0.29) is 5.02 Å².